The predicted molar refractivity (Wildman–Crippen MR) is 108 cm³/mol. The number of benzene rings is 1. The Morgan fingerprint density at radius 1 is 1.35 bits per heavy atom. The SMILES string of the molecule is CCON=C(CO)CC1=CCC(CCSc2cc(Cl)cc(Cl)c2)CC1=O. The highest BCUT2D eigenvalue weighted by atomic mass is 35.5. The smallest absolute Gasteiger partial charge is 0.159 e. The number of ketones is 1. The van der Waals surface area contributed by atoms with Gasteiger partial charge >= 0.3 is 0 Å². The monoisotopic (exact) mass is 415 g/mol. The molecule has 0 fully saturated rings. The molecule has 1 aromatic carbocycles. The van der Waals surface area contributed by atoms with Crippen LogP contribution in [0.2, 0.25) is 10.0 Å². The maximum absolute atomic E-state index is 12.4. The number of thioether (sulfide) groups is 1. The van der Waals surface area contributed by atoms with E-state index in [9.17, 15) is 9.90 Å². The molecule has 0 heterocycles. The fourth-order valence-corrected chi connectivity index (χ4v) is 4.50. The van der Waals surface area contributed by atoms with E-state index in [1.807, 2.05) is 25.1 Å². The van der Waals surface area contributed by atoms with E-state index >= 15 is 0 Å². The number of hydrogen-bond donors (Lipinski definition) is 1. The van der Waals surface area contributed by atoms with Crippen molar-refractivity contribution in [2.75, 3.05) is 19.0 Å². The third-order valence-corrected chi connectivity index (χ3v) is 5.51. The zero-order valence-corrected chi connectivity index (χ0v) is 17.0. The quantitative estimate of drug-likeness (QED) is 0.343. The Balaban J connectivity index is 1.83. The van der Waals surface area contributed by atoms with Gasteiger partial charge in [0.15, 0.2) is 5.78 Å². The van der Waals surface area contributed by atoms with Crippen LogP contribution in [0.1, 0.15) is 32.6 Å². The number of halogens is 2. The molecule has 26 heavy (non-hydrogen) atoms. The number of allylic oxidation sites excluding steroid dienone is 2. The van der Waals surface area contributed by atoms with Crippen molar-refractivity contribution in [1.29, 1.82) is 0 Å². The molecule has 2 rings (SSSR count). The van der Waals surface area contributed by atoms with Gasteiger partial charge in [0.1, 0.15) is 6.61 Å². The summed E-state index contributed by atoms with van der Waals surface area (Å²) in [6.07, 6.45) is 4.69. The van der Waals surface area contributed by atoms with Crippen LogP contribution in [0.3, 0.4) is 0 Å². The van der Waals surface area contributed by atoms with E-state index in [4.69, 9.17) is 28.0 Å². The molecule has 1 aromatic rings. The maximum atomic E-state index is 12.4. The molecule has 0 amide bonds. The van der Waals surface area contributed by atoms with Crippen LogP contribution in [-0.4, -0.2) is 35.6 Å². The average molecular weight is 416 g/mol. The molecule has 0 saturated heterocycles. The molecule has 0 bridgehead atoms. The molecule has 142 valence electrons. The first-order valence-electron chi connectivity index (χ1n) is 8.61. The Bertz CT molecular complexity index is 671. The van der Waals surface area contributed by atoms with Crippen LogP contribution in [0.4, 0.5) is 0 Å². The van der Waals surface area contributed by atoms with Crippen LogP contribution >= 0.6 is 35.0 Å². The number of Topliss-reactive ketones (excluding diaryl/α,β-unsaturated/α-hetero) is 1. The van der Waals surface area contributed by atoms with Gasteiger partial charge in [0.25, 0.3) is 0 Å². The molecule has 0 radical (unpaired) electrons. The van der Waals surface area contributed by atoms with Crippen molar-refractivity contribution in [2.45, 2.75) is 37.5 Å². The molecule has 1 N–H and O–H groups in total. The molecule has 0 spiro atoms. The summed E-state index contributed by atoms with van der Waals surface area (Å²) in [4.78, 5) is 18.4. The molecule has 1 atom stereocenters. The first-order chi connectivity index (χ1) is 12.5. The zero-order valence-electron chi connectivity index (χ0n) is 14.7. The summed E-state index contributed by atoms with van der Waals surface area (Å²) >= 11 is 13.7. The molecular weight excluding hydrogens is 393 g/mol. The Morgan fingerprint density at radius 3 is 2.69 bits per heavy atom. The van der Waals surface area contributed by atoms with Crippen LogP contribution in [-0.2, 0) is 9.63 Å². The van der Waals surface area contributed by atoms with Crippen LogP contribution in [0.15, 0.2) is 39.9 Å². The second kappa shape index (κ2) is 11.0. The molecule has 0 aromatic heterocycles. The van der Waals surface area contributed by atoms with E-state index in [2.05, 4.69) is 5.16 Å². The van der Waals surface area contributed by atoms with Crippen LogP contribution in [0, 0.1) is 5.92 Å². The Morgan fingerprint density at radius 2 is 2.08 bits per heavy atom. The third-order valence-electron chi connectivity index (χ3n) is 4.06. The zero-order chi connectivity index (χ0) is 18.9. The van der Waals surface area contributed by atoms with Crippen molar-refractivity contribution >= 4 is 46.5 Å². The van der Waals surface area contributed by atoms with Gasteiger partial charge in [0, 0.05) is 27.8 Å². The highest BCUT2D eigenvalue weighted by molar-refractivity contribution is 7.99. The molecule has 4 nitrogen and oxygen atoms in total. The lowest BCUT2D eigenvalue weighted by atomic mass is 9.85. The van der Waals surface area contributed by atoms with E-state index in [0.717, 1.165) is 29.1 Å². The average Bonchev–Trinajstić information content (AvgIpc) is 2.59. The van der Waals surface area contributed by atoms with Gasteiger partial charge in [-0.05, 0) is 55.2 Å². The number of oxime groups is 1. The van der Waals surface area contributed by atoms with Crippen LogP contribution in [0.25, 0.3) is 0 Å². The van der Waals surface area contributed by atoms with Crippen molar-refractivity contribution in [3.63, 3.8) is 0 Å². The lowest BCUT2D eigenvalue weighted by molar-refractivity contribution is -0.116. The Labute approximate surface area is 168 Å². The van der Waals surface area contributed by atoms with Crippen molar-refractivity contribution < 1.29 is 14.7 Å². The lowest BCUT2D eigenvalue weighted by Crippen LogP contribution is -2.19. The van der Waals surface area contributed by atoms with Crippen molar-refractivity contribution in [2.24, 2.45) is 11.1 Å². The lowest BCUT2D eigenvalue weighted by Gasteiger charge is -2.21. The van der Waals surface area contributed by atoms with Gasteiger partial charge < -0.3 is 9.94 Å². The molecule has 0 aliphatic heterocycles. The largest absolute Gasteiger partial charge is 0.396 e. The van der Waals surface area contributed by atoms with Gasteiger partial charge in [-0.2, -0.15) is 0 Å². The summed E-state index contributed by atoms with van der Waals surface area (Å²) in [7, 11) is 0. The number of aliphatic hydroxyl groups is 1. The number of hydrogen-bond acceptors (Lipinski definition) is 5. The fraction of sp³-hybridized carbons (Fsp3) is 0.474. The van der Waals surface area contributed by atoms with Gasteiger partial charge in [-0.3, -0.25) is 4.79 Å². The molecule has 7 heteroatoms. The Hall–Kier alpha value is -1.01. The highest BCUT2D eigenvalue weighted by Gasteiger charge is 2.22. The summed E-state index contributed by atoms with van der Waals surface area (Å²) in [6.45, 7) is 2.06. The van der Waals surface area contributed by atoms with Crippen molar-refractivity contribution in [3.8, 4) is 0 Å². The van der Waals surface area contributed by atoms with Gasteiger partial charge in [-0.15, -0.1) is 11.8 Å². The van der Waals surface area contributed by atoms with E-state index in [0.29, 0.717) is 41.1 Å². The highest BCUT2D eigenvalue weighted by Crippen LogP contribution is 2.31. The molecule has 1 aliphatic carbocycles. The predicted octanol–water partition coefficient (Wildman–Crippen LogP) is 5.16. The molecule has 1 unspecified atom stereocenters. The number of carbonyl (C=O) groups excluding carboxylic acids is 1. The number of aliphatic hydroxyl groups excluding tert-OH is 1. The summed E-state index contributed by atoms with van der Waals surface area (Å²) in [5.41, 5.74) is 1.21. The molecule has 0 saturated carbocycles. The molecule has 1 aliphatic rings. The number of nitrogens with zero attached hydrogens (tertiary/aromatic N) is 1. The minimum absolute atomic E-state index is 0.134. The fourth-order valence-electron chi connectivity index (χ4n) is 2.74. The van der Waals surface area contributed by atoms with Gasteiger partial charge in [-0.1, -0.05) is 34.4 Å². The van der Waals surface area contributed by atoms with Crippen LogP contribution in [0.5, 0.6) is 0 Å². The number of rotatable bonds is 9. The Kier molecular flexibility index (Phi) is 8.99. The van der Waals surface area contributed by atoms with E-state index < -0.39 is 0 Å². The third kappa shape index (κ3) is 6.95. The summed E-state index contributed by atoms with van der Waals surface area (Å²) in [5, 5.41) is 14.4. The summed E-state index contributed by atoms with van der Waals surface area (Å²) in [5.74, 6) is 1.38. The van der Waals surface area contributed by atoms with Crippen LogP contribution < -0.4 is 0 Å². The van der Waals surface area contributed by atoms with Gasteiger partial charge in [0.05, 0.1) is 12.3 Å². The van der Waals surface area contributed by atoms with E-state index in [-0.39, 0.29) is 12.4 Å². The van der Waals surface area contributed by atoms with Crippen molar-refractivity contribution in [1.82, 2.24) is 0 Å². The van der Waals surface area contributed by atoms with Crippen molar-refractivity contribution in [3.05, 3.63) is 39.9 Å². The minimum Gasteiger partial charge on any atom is -0.396 e. The van der Waals surface area contributed by atoms with E-state index in [1.54, 1.807) is 17.8 Å². The van der Waals surface area contributed by atoms with E-state index in [1.165, 1.54) is 0 Å². The first-order valence-corrected chi connectivity index (χ1v) is 10.4. The first kappa shape index (κ1) is 21.3. The van der Waals surface area contributed by atoms with Gasteiger partial charge in [-0.25, -0.2) is 0 Å². The standard InChI is InChI=1S/C19H23Cl2NO3S/c1-2-25-22-17(12-23)8-14-4-3-13(7-19(14)24)5-6-26-18-10-15(20)9-16(21)11-18/h4,9-11,13,23H,2-3,5-8,12H2,1H3. The second-order valence-corrected chi connectivity index (χ2v) is 8.15. The normalized spacial score (nSPS) is 18.0. The minimum atomic E-state index is -0.202. The second-order valence-electron chi connectivity index (χ2n) is 6.11. The summed E-state index contributed by atoms with van der Waals surface area (Å²) in [6, 6.07) is 5.52. The van der Waals surface area contributed by atoms with Gasteiger partial charge in [0.2, 0.25) is 0 Å². The molecular formula is C19H23Cl2NO3S. The summed E-state index contributed by atoms with van der Waals surface area (Å²) < 4.78 is 0. The topological polar surface area (TPSA) is 58.9 Å². The maximum Gasteiger partial charge on any atom is 0.159 e. The number of carbonyl (C=O) groups is 1.